The van der Waals surface area contributed by atoms with Gasteiger partial charge in [-0.1, -0.05) is 133 Å². The summed E-state index contributed by atoms with van der Waals surface area (Å²) in [5, 5.41) is 4.10. The molecule has 5 rings (SSSR count). The van der Waals surface area contributed by atoms with Crippen LogP contribution in [-0.4, -0.2) is 7.11 Å². The Balaban J connectivity index is 1.64. The highest BCUT2D eigenvalue weighted by Gasteiger charge is 2.21. The molecule has 1 nitrogen and oxygen atoms in total. The lowest BCUT2D eigenvalue weighted by Crippen LogP contribution is -2.22. The minimum atomic E-state index is -0.716. The third-order valence-corrected chi connectivity index (χ3v) is 8.73. The number of hydrogen-bond acceptors (Lipinski definition) is 1. The van der Waals surface area contributed by atoms with E-state index >= 15 is 0 Å². The van der Waals surface area contributed by atoms with Crippen LogP contribution in [0.3, 0.4) is 0 Å². The molecule has 0 aromatic heterocycles. The predicted molar refractivity (Wildman–Crippen MR) is 157 cm³/mol. The fourth-order valence-electron chi connectivity index (χ4n) is 4.42. The summed E-state index contributed by atoms with van der Waals surface area (Å²) in [6, 6.07) is 45.6. The lowest BCUT2D eigenvalue weighted by molar-refractivity contribution is 0.415. The van der Waals surface area contributed by atoms with Gasteiger partial charge in [0.05, 0.1) is 7.11 Å². The van der Waals surface area contributed by atoms with Crippen LogP contribution in [0.15, 0.2) is 127 Å². The highest BCUT2D eigenvalue weighted by molar-refractivity contribution is 7.80. The molecule has 0 aliphatic carbocycles. The first-order chi connectivity index (χ1) is 17.7. The Bertz CT molecular complexity index is 1420. The van der Waals surface area contributed by atoms with E-state index in [4.69, 9.17) is 4.74 Å². The Hall–Kier alpha value is -3.93. The van der Waals surface area contributed by atoms with Crippen molar-refractivity contribution in [3.63, 3.8) is 0 Å². The average Bonchev–Trinajstić information content (AvgIpc) is 2.94. The molecule has 0 saturated heterocycles. The minimum Gasteiger partial charge on any atom is -0.497 e. The van der Waals surface area contributed by atoms with Crippen LogP contribution in [0.5, 0.6) is 5.75 Å². The van der Waals surface area contributed by atoms with Gasteiger partial charge in [-0.3, -0.25) is 0 Å². The van der Waals surface area contributed by atoms with Gasteiger partial charge in [0.25, 0.3) is 0 Å². The minimum absolute atomic E-state index is 0.716. The van der Waals surface area contributed by atoms with Gasteiger partial charge in [-0.2, -0.15) is 0 Å². The summed E-state index contributed by atoms with van der Waals surface area (Å²) < 4.78 is 5.30. The van der Waals surface area contributed by atoms with Gasteiger partial charge < -0.3 is 4.74 Å². The van der Waals surface area contributed by atoms with Crippen LogP contribution in [0.4, 0.5) is 0 Å². The van der Waals surface area contributed by atoms with Crippen molar-refractivity contribution in [3.05, 3.63) is 144 Å². The first kappa shape index (κ1) is 23.8. The fraction of sp³-hybridized carbons (Fsp3) is 0.0588. The molecule has 0 aliphatic heterocycles. The van der Waals surface area contributed by atoms with Crippen LogP contribution in [0.1, 0.15) is 16.7 Å². The van der Waals surface area contributed by atoms with Gasteiger partial charge in [0, 0.05) is 0 Å². The summed E-state index contributed by atoms with van der Waals surface area (Å²) in [6.07, 6.45) is 4.39. The van der Waals surface area contributed by atoms with Crippen molar-refractivity contribution in [1.82, 2.24) is 0 Å². The molecule has 5 aromatic rings. The molecule has 0 bridgehead atoms. The molecule has 0 radical (unpaired) electrons. The largest absolute Gasteiger partial charge is 0.497 e. The summed E-state index contributed by atoms with van der Waals surface area (Å²) in [7, 11) is 0.979. The molecule has 0 spiro atoms. The number of methoxy groups -OCH3 is 1. The molecule has 0 amide bonds. The van der Waals surface area contributed by atoms with Crippen LogP contribution in [0.2, 0.25) is 0 Å². The molecule has 0 aliphatic rings. The Morgan fingerprint density at radius 2 is 1.19 bits per heavy atom. The van der Waals surface area contributed by atoms with Crippen molar-refractivity contribution in [1.29, 1.82) is 0 Å². The normalized spacial score (nSPS) is 11.2. The van der Waals surface area contributed by atoms with Gasteiger partial charge in [-0.15, -0.1) is 0 Å². The topological polar surface area (TPSA) is 9.23 Å². The van der Waals surface area contributed by atoms with Crippen LogP contribution < -0.4 is 20.7 Å². The Morgan fingerprint density at radius 1 is 0.583 bits per heavy atom. The Labute approximate surface area is 215 Å². The summed E-state index contributed by atoms with van der Waals surface area (Å²) in [6.45, 7) is 2.19. The summed E-state index contributed by atoms with van der Waals surface area (Å²) in [4.78, 5) is 0. The van der Waals surface area contributed by atoms with E-state index in [0.29, 0.717) is 0 Å². The monoisotopic (exact) mass is 484 g/mol. The molecule has 0 unspecified atom stereocenters. The standard InChI is InChI=1S/C34H29OP/c1-26-17-24-33(32-16-10-9-11-28(32)21-18-27-19-22-29(35-2)23-20-27)34(25-26)36(30-12-5-3-6-13-30)31-14-7-4-8-15-31/h3-25H,1-2H3. The van der Waals surface area contributed by atoms with E-state index in [9.17, 15) is 0 Å². The molecule has 5 aromatic carbocycles. The van der Waals surface area contributed by atoms with Crippen LogP contribution >= 0.6 is 7.92 Å². The molecular formula is C34H29OP. The van der Waals surface area contributed by atoms with Gasteiger partial charge in [-0.05, 0) is 65.1 Å². The second-order valence-corrected chi connectivity index (χ2v) is 10.9. The van der Waals surface area contributed by atoms with Gasteiger partial charge in [-0.25, -0.2) is 0 Å². The van der Waals surface area contributed by atoms with Crippen molar-refractivity contribution in [2.75, 3.05) is 7.11 Å². The van der Waals surface area contributed by atoms with E-state index < -0.39 is 7.92 Å². The number of ether oxygens (including phenoxy) is 1. The SMILES string of the molecule is COc1ccc(C=Cc2ccccc2-c2ccc(C)cc2P(c2ccccc2)c2ccccc2)cc1. The molecule has 2 heteroatoms. The van der Waals surface area contributed by atoms with Crippen molar-refractivity contribution in [2.24, 2.45) is 0 Å². The maximum Gasteiger partial charge on any atom is 0.118 e. The first-order valence-corrected chi connectivity index (χ1v) is 13.5. The second kappa shape index (κ2) is 11.2. The highest BCUT2D eigenvalue weighted by atomic mass is 31.1. The Kier molecular flexibility index (Phi) is 7.41. The van der Waals surface area contributed by atoms with E-state index in [-0.39, 0.29) is 0 Å². The molecule has 0 saturated carbocycles. The van der Waals surface area contributed by atoms with Gasteiger partial charge in [0.15, 0.2) is 0 Å². The zero-order valence-electron chi connectivity index (χ0n) is 20.6. The van der Waals surface area contributed by atoms with E-state index in [1.54, 1.807) is 7.11 Å². The molecule has 0 fully saturated rings. The summed E-state index contributed by atoms with van der Waals surface area (Å²) in [5.41, 5.74) is 6.16. The van der Waals surface area contributed by atoms with Gasteiger partial charge in [0.2, 0.25) is 0 Å². The van der Waals surface area contributed by atoms with E-state index in [2.05, 4.69) is 134 Å². The third-order valence-electron chi connectivity index (χ3n) is 6.25. The Morgan fingerprint density at radius 3 is 1.83 bits per heavy atom. The van der Waals surface area contributed by atoms with Crippen LogP contribution in [0.25, 0.3) is 23.3 Å². The second-order valence-electron chi connectivity index (χ2n) is 8.72. The van der Waals surface area contributed by atoms with Crippen molar-refractivity contribution < 1.29 is 4.74 Å². The molecule has 0 N–H and O–H groups in total. The number of rotatable bonds is 7. The van der Waals surface area contributed by atoms with Gasteiger partial charge in [0.1, 0.15) is 5.75 Å². The van der Waals surface area contributed by atoms with Crippen molar-refractivity contribution in [3.8, 4) is 16.9 Å². The molecular weight excluding hydrogens is 455 g/mol. The number of aryl methyl sites for hydroxylation is 1. The smallest absolute Gasteiger partial charge is 0.118 e. The van der Waals surface area contributed by atoms with Crippen molar-refractivity contribution in [2.45, 2.75) is 6.92 Å². The van der Waals surface area contributed by atoms with Gasteiger partial charge >= 0.3 is 0 Å². The van der Waals surface area contributed by atoms with E-state index in [1.807, 2.05) is 12.1 Å². The molecule has 36 heavy (non-hydrogen) atoms. The quantitative estimate of drug-likeness (QED) is 0.171. The number of benzene rings is 5. The van der Waals surface area contributed by atoms with E-state index in [1.165, 1.54) is 38.2 Å². The summed E-state index contributed by atoms with van der Waals surface area (Å²) >= 11 is 0. The zero-order chi connectivity index (χ0) is 24.7. The third kappa shape index (κ3) is 5.33. The average molecular weight is 485 g/mol. The molecule has 176 valence electrons. The highest BCUT2D eigenvalue weighted by Crippen LogP contribution is 2.38. The number of hydrogen-bond donors (Lipinski definition) is 0. The van der Waals surface area contributed by atoms with Crippen LogP contribution in [-0.2, 0) is 0 Å². The maximum absolute atomic E-state index is 5.30. The van der Waals surface area contributed by atoms with E-state index in [0.717, 1.165) is 11.3 Å². The summed E-state index contributed by atoms with van der Waals surface area (Å²) in [5.74, 6) is 0.868. The predicted octanol–water partition coefficient (Wildman–Crippen LogP) is 7.60. The van der Waals surface area contributed by atoms with Crippen LogP contribution in [0, 0.1) is 6.92 Å². The fourth-order valence-corrected chi connectivity index (χ4v) is 6.99. The first-order valence-electron chi connectivity index (χ1n) is 12.2. The maximum atomic E-state index is 5.30. The lowest BCUT2D eigenvalue weighted by Gasteiger charge is -2.23. The zero-order valence-corrected chi connectivity index (χ0v) is 21.5. The van der Waals surface area contributed by atoms with Crippen molar-refractivity contribution >= 4 is 36.0 Å². The molecule has 0 heterocycles. The molecule has 0 atom stereocenters. The lowest BCUT2D eigenvalue weighted by atomic mass is 9.98.